The number of ketones is 3. The maximum atomic E-state index is 11.0. The lowest BCUT2D eigenvalue weighted by atomic mass is 9.77. The zero-order valence-electron chi connectivity index (χ0n) is 14.8. The first-order chi connectivity index (χ1) is 9.35. The van der Waals surface area contributed by atoms with E-state index in [1.54, 1.807) is 19.1 Å². The summed E-state index contributed by atoms with van der Waals surface area (Å²) in [5.74, 6) is 0.578. The van der Waals surface area contributed by atoms with Crippen molar-refractivity contribution in [3.05, 3.63) is 23.3 Å². The Morgan fingerprint density at radius 2 is 1.48 bits per heavy atom. The maximum absolute atomic E-state index is 11.0. The van der Waals surface area contributed by atoms with Gasteiger partial charge < -0.3 is 4.79 Å². The molecule has 0 unspecified atom stereocenters. The maximum Gasteiger partial charge on any atom is 0.156 e. The zero-order valence-corrected chi connectivity index (χ0v) is 14.8. The predicted octanol–water partition coefficient (Wildman–Crippen LogP) is 4.46. The van der Waals surface area contributed by atoms with Gasteiger partial charge >= 0.3 is 0 Å². The Kier molecular flexibility index (Phi) is 10.6. The summed E-state index contributed by atoms with van der Waals surface area (Å²) < 4.78 is 0. The molecule has 1 aliphatic carbocycles. The van der Waals surface area contributed by atoms with E-state index < -0.39 is 0 Å². The van der Waals surface area contributed by atoms with E-state index in [1.807, 2.05) is 20.8 Å². The van der Waals surface area contributed by atoms with Gasteiger partial charge in [-0.1, -0.05) is 25.0 Å². The van der Waals surface area contributed by atoms with Gasteiger partial charge in [0.05, 0.1) is 0 Å². The van der Waals surface area contributed by atoms with Gasteiger partial charge in [-0.3, -0.25) is 9.59 Å². The Bertz CT molecular complexity index is 429. The highest BCUT2D eigenvalue weighted by Crippen LogP contribution is 2.32. The van der Waals surface area contributed by atoms with Gasteiger partial charge in [-0.2, -0.15) is 0 Å². The van der Waals surface area contributed by atoms with Gasteiger partial charge in [0.2, 0.25) is 0 Å². The van der Waals surface area contributed by atoms with E-state index >= 15 is 0 Å². The predicted molar refractivity (Wildman–Crippen MR) is 88.2 cm³/mol. The van der Waals surface area contributed by atoms with Crippen molar-refractivity contribution in [3.63, 3.8) is 0 Å². The van der Waals surface area contributed by atoms with Crippen LogP contribution in [0.15, 0.2) is 23.3 Å². The van der Waals surface area contributed by atoms with E-state index in [-0.39, 0.29) is 22.8 Å². The average molecular weight is 294 g/mol. The van der Waals surface area contributed by atoms with Crippen molar-refractivity contribution in [2.75, 3.05) is 0 Å². The zero-order chi connectivity index (χ0) is 17.2. The van der Waals surface area contributed by atoms with Crippen LogP contribution in [0.25, 0.3) is 0 Å². The minimum Gasteiger partial charge on any atom is -0.300 e. The van der Waals surface area contributed by atoms with Crippen LogP contribution in [-0.4, -0.2) is 17.3 Å². The van der Waals surface area contributed by atoms with Gasteiger partial charge in [0.15, 0.2) is 11.6 Å². The second-order valence-electron chi connectivity index (χ2n) is 6.72. The minimum atomic E-state index is 0.125. The molecule has 0 aliphatic heterocycles. The lowest BCUT2D eigenvalue weighted by Gasteiger charge is -2.27. The van der Waals surface area contributed by atoms with Crippen LogP contribution in [0, 0.1) is 5.41 Å². The lowest BCUT2D eigenvalue weighted by molar-refractivity contribution is -0.117. The van der Waals surface area contributed by atoms with Crippen LogP contribution < -0.4 is 0 Å². The minimum absolute atomic E-state index is 0.125. The van der Waals surface area contributed by atoms with E-state index in [0.29, 0.717) is 6.42 Å². The summed E-state index contributed by atoms with van der Waals surface area (Å²) in [6.07, 6.45) is 5.16. The Morgan fingerprint density at radius 1 is 1.05 bits per heavy atom. The van der Waals surface area contributed by atoms with E-state index in [4.69, 9.17) is 0 Å². The molecule has 0 bridgehead atoms. The smallest absolute Gasteiger partial charge is 0.156 e. The van der Waals surface area contributed by atoms with Crippen molar-refractivity contribution in [2.45, 2.75) is 68.2 Å². The fraction of sp³-hybridized carbons (Fsp3) is 0.611. The molecule has 0 saturated carbocycles. The molecule has 21 heavy (non-hydrogen) atoms. The van der Waals surface area contributed by atoms with E-state index in [2.05, 4.69) is 13.8 Å². The fourth-order valence-corrected chi connectivity index (χ4v) is 2.07. The highest BCUT2D eigenvalue weighted by Gasteiger charge is 2.25. The molecule has 3 nitrogen and oxygen atoms in total. The molecule has 3 heteroatoms. The first kappa shape index (κ1) is 21.8. The van der Waals surface area contributed by atoms with Crippen molar-refractivity contribution in [1.82, 2.24) is 0 Å². The summed E-state index contributed by atoms with van der Waals surface area (Å²) in [7, 11) is 0. The lowest BCUT2D eigenvalue weighted by Crippen LogP contribution is -2.20. The normalized spacial score (nSPS) is 15.4. The number of allylic oxidation sites excluding steroid dienone is 4. The summed E-state index contributed by atoms with van der Waals surface area (Å²) in [4.78, 5) is 30.6. The molecular weight excluding hydrogens is 264 g/mol. The first-order valence-corrected chi connectivity index (χ1v) is 7.18. The SMILES string of the molecule is CC(=O)C=C(C)C.CC(C)=O.CC1=CC(=O)CC(C)(C)C1. The Balaban J connectivity index is 0. The van der Waals surface area contributed by atoms with Gasteiger partial charge in [-0.25, -0.2) is 0 Å². The summed E-state index contributed by atoms with van der Waals surface area (Å²) in [5, 5.41) is 0. The fourth-order valence-electron chi connectivity index (χ4n) is 2.07. The van der Waals surface area contributed by atoms with Crippen LogP contribution >= 0.6 is 0 Å². The van der Waals surface area contributed by atoms with Crippen molar-refractivity contribution in [3.8, 4) is 0 Å². The molecule has 0 aromatic rings. The summed E-state index contributed by atoms with van der Waals surface area (Å²) in [5.41, 5.74) is 2.49. The molecule has 0 spiro atoms. The average Bonchev–Trinajstić information content (AvgIpc) is 2.09. The van der Waals surface area contributed by atoms with Crippen LogP contribution in [0.1, 0.15) is 68.2 Å². The standard InChI is InChI=1S/C9H14O.C6H10O.C3H6O/c1-7-4-8(10)6-9(2,3)5-7;1-5(2)4-6(3)7;1-3(2)4/h4H,5-6H2,1-3H3;4H,1-3H3;1-2H3. The van der Waals surface area contributed by atoms with E-state index in [0.717, 1.165) is 12.0 Å². The molecule has 0 aromatic heterocycles. The summed E-state index contributed by atoms with van der Waals surface area (Å²) >= 11 is 0. The van der Waals surface area contributed by atoms with Crippen LogP contribution in [0.5, 0.6) is 0 Å². The quantitative estimate of drug-likeness (QED) is 0.671. The van der Waals surface area contributed by atoms with E-state index in [9.17, 15) is 14.4 Å². The third kappa shape index (κ3) is 18.5. The van der Waals surface area contributed by atoms with Crippen LogP contribution in [-0.2, 0) is 14.4 Å². The third-order valence-electron chi connectivity index (χ3n) is 2.31. The molecule has 120 valence electrons. The van der Waals surface area contributed by atoms with Gasteiger partial charge in [-0.05, 0) is 65.5 Å². The second kappa shape index (κ2) is 10.3. The molecule has 0 N–H and O–H groups in total. The molecule has 0 atom stereocenters. The Labute approximate surface area is 129 Å². The number of carbonyl (C=O) groups excluding carboxylic acids is 3. The summed E-state index contributed by atoms with van der Waals surface area (Å²) in [6, 6.07) is 0. The number of hydrogen-bond donors (Lipinski definition) is 0. The highest BCUT2D eigenvalue weighted by molar-refractivity contribution is 5.91. The highest BCUT2D eigenvalue weighted by atomic mass is 16.1. The van der Waals surface area contributed by atoms with Crippen molar-refractivity contribution < 1.29 is 14.4 Å². The monoisotopic (exact) mass is 294 g/mol. The van der Waals surface area contributed by atoms with Gasteiger partial charge in [-0.15, -0.1) is 0 Å². The van der Waals surface area contributed by atoms with Gasteiger partial charge in [0, 0.05) is 6.42 Å². The molecule has 0 saturated heterocycles. The molecule has 0 amide bonds. The Morgan fingerprint density at radius 3 is 1.67 bits per heavy atom. The van der Waals surface area contributed by atoms with Crippen molar-refractivity contribution in [1.29, 1.82) is 0 Å². The summed E-state index contributed by atoms with van der Waals surface area (Å²) in [6.45, 7) is 14.7. The second-order valence-corrected chi connectivity index (χ2v) is 6.72. The van der Waals surface area contributed by atoms with E-state index in [1.165, 1.54) is 19.4 Å². The molecule has 0 fully saturated rings. The van der Waals surface area contributed by atoms with Gasteiger partial charge in [0.25, 0.3) is 0 Å². The largest absolute Gasteiger partial charge is 0.300 e. The topological polar surface area (TPSA) is 51.2 Å². The van der Waals surface area contributed by atoms with Crippen molar-refractivity contribution >= 4 is 17.3 Å². The molecule has 0 heterocycles. The molecule has 1 aliphatic rings. The van der Waals surface area contributed by atoms with Crippen LogP contribution in [0.3, 0.4) is 0 Å². The molecular formula is C18H30O3. The Hall–Kier alpha value is -1.51. The number of rotatable bonds is 1. The molecule has 0 radical (unpaired) electrons. The molecule has 0 aromatic carbocycles. The number of Topliss-reactive ketones (excluding diaryl/α,β-unsaturated/α-hetero) is 1. The third-order valence-corrected chi connectivity index (χ3v) is 2.31. The number of carbonyl (C=O) groups is 3. The molecule has 1 rings (SSSR count). The van der Waals surface area contributed by atoms with Crippen LogP contribution in [0.4, 0.5) is 0 Å². The number of hydrogen-bond acceptors (Lipinski definition) is 3. The van der Waals surface area contributed by atoms with Crippen molar-refractivity contribution in [2.24, 2.45) is 5.41 Å². The van der Waals surface area contributed by atoms with Gasteiger partial charge in [0.1, 0.15) is 5.78 Å². The first-order valence-electron chi connectivity index (χ1n) is 7.18. The van der Waals surface area contributed by atoms with Crippen LogP contribution in [0.2, 0.25) is 0 Å².